The summed E-state index contributed by atoms with van der Waals surface area (Å²) < 4.78 is 10.8. The molecule has 0 aliphatic carbocycles. The average Bonchev–Trinajstić information content (AvgIpc) is 2.99. The predicted octanol–water partition coefficient (Wildman–Crippen LogP) is 3.21. The highest BCUT2D eigenvalue weighted by atomic mass is 32.2. The van der Waals surface area contributed by atoms with Gasteiger partial charge in [-0.25, -0.2) is 4.90 Å². The highest BCUT2D eigenvalue weighted by Gasteiger charge is 2.43. The first kappa shape index (κ1) is 19.5. The molecule has 2 aliphatic rings. The highest BCUT2D eigenvalue weighted by Crippen LogP contribution is 2.41. The Morgan fingerprint density at radius 1 is 0.966 bits per heavy atom. The van der Waals surface area contributed by atoms with E-state index in [2.05, 4.69) is 0 Å². The number of nitrogens with zero attached hydrogens (tertiary/aromatic N) is 2. The number of methoxy groups -OCH3 is 1. The number of anilines is 1. The number of hydrogen-bond acceptors (Lipinski definition) is 6. The van der Waals surface area contributed by atoms with Gasteiger partial charge in [-0.05, 0) is 31.2 Å². The number of rotatable bonds is 5. The molecular weight excluding hydrogens is 388 g/mol. The van der Waals surface area contributed by atoms with Gasteiger partial charge >= 0.3 is 0 Å². The van der Waals surface area contributed by atoms with E-state index in [1.165, 1.54) is 23.8 Å². The Labute approximate surface area is 174 Å². The Kier molecular flexibility index (Phi) is 5.60. The van der Waals surface area contributed by atoms with Crippen molar-refractivity contribution in [3.63, 3.8) is 0 Å². The van der Waals surface area contributed by atoms with Crippen molar-refractivity contribution in [1.29, 1.82) is 0 Å². The Morgan fingerprint density at radius 3 is 2.34 bits per heavy atom. The Bertz CT molecular complexity index is 965. The third-order valence-electron chi connectivity index (χ3n) is 4.91. The second-order valence-corrected chi connectivity index (χ2v) is 7.89. The lowest BCUT2D eigenvalue weighted by molar-refractivity contribution is -0.121. The summed E-state index contributed by atoms with van der Waals surface area (Å²) in [5, 5.41) is 0. The highest BCUT2D eigenvalue weighted by molar-refractivity contribution is 8.04. The summed E-state index contributed by atoms with van der Waals surface area (Å²) in [5.41, 5.74) is 2.03. The number of thioether (sulfide) groups is 1. The van der Waals surface area contributed by atoms with E-state index in [1.54, 1.807) is 18.2 Å². The molecule has 0 radical (unpaired) electrons. The number of morpholine rings is 1. The number of carbonyl (C=O) groups is 2. The molecule has 0 saturated carbocycles. The summed E-state index contributed by atoms with van der Waals surface area (Å²) in [5.74, 6) is -0.167. The summed E-state index contributed by atoms with van der Waals surface area (Å²) in [6, 6.07) is 15.0. The van der Waals surface area contributed by atoms with Gasteiger partial charge in [-0.2, -0.15) is 0 Å². The van der Waals surface area contributed by atoms with Gasteiger partial charge in [0, 0.05) is 18.0 Å². The molecule has 0 bridgehead atoms. The van der Waals surface area contributed by atoms with Crippen LogP contribution >= 0.6 is 11.8 Å². The molecule has 6 nitrogen and oxygen atoms in total. The molecule has 1 saturated heterocycles. The Balaban J connectivity index is 1.76. The molecule has 150 valence electrons. The van der Waals surface area contributed by atoms with Crippen molar-refractivity contribution in [1.82, 2.24) is 4.90 Å². The fourth-order valence-corrected chi connectivity index (χ4v) is 4.41. The third kappa shape index (κ3) is 3.75. The van der Waals surface area contributed by atoms with Crippen LogP contribution in [-0.4, -0.2) is 50.1 Å². The SMILES string of the molecule is COc1ccccc1N1C(=O)C(Sc2ccc(C)cc2)=C(N2CCOCC2)C1=O. The van der Waals surface area contributed by atoms with Crippen molar-refractivity contribution in [3.05, 3.63) is 64.7 Å². The molecule has 0 unspecified atom stereocenters. The maximum absolute atomic E-state index is 13.4. The molecule has 0 N–H and O–H groups in total. The number of imide groups is 1. The van der Waals surface area contributed by atoms with Crippen LogP contribution in [0.3, 0.4) is 0 Å². The van der Waals surface area contributed by atoms with Crippen molar-refractivity contribution in [2.45, 2.75) is 11.8 Å². The Hall–Kier alpha value is -2.77. The van der Waals surface area contributed by atoms with Gasteiger partial charge in [-0.15, -0.1) is 0 Å². The normalized spacial score (nSPS) is 17.3. The molecule has 0 aromatic heterocycles. The van der Waals surface area contributed by atoms with Gasteiger partial charge in [0.25, 0.3) is 11.8 Å². The second kappa shape index (κ2) is 8.31. The fourth-order valence-electron chi connectivity index (χ4n) is 3.41. The van der Waals surface area contributed by atoms with Crippen LogP contribution in [0, 0.1) is 6.92 Å². The van der Waals surface area contributed by atoms with Crippen molar-refractivity contribution in [2.24, 2.45) is 0 Å². The molecule has 29 heavy (non-hydrogen) atoms. The van der Waals surface area contributed by atoms with Crippen LogP contribution in [0.25, 0.3) is 0 Å². The van der Waals surface area contributed by atoms with Crippen LogP contribution in [0.1, 0.15) is 5.56 Å². The van der Waals surface area contributed by atoms with Crippen molar-refractivity contribution < 1.29 is 19.1 Å². The van der Waals surface area contributed by atoms with Gasteiger partial charge < -0.3 is 14.4 Å². The van der Waals surface area contributed by atoms with Crippen LogP contribution in [0.2, 0.25) is 0 Å². The van der Waals surface area contributed by atoms with Crippen LogP contribution < -0.4 is 9.64 Å². The number of carbonyl (C=O) groups excluding carboxylic acids is 2. The number of ether oxygens (including phenoxy) is 2. The largest absolute Gasteiger partial charge is 0.495 e. The number of amides is 2. The number of aryl methyl sites for hydroxylation is 1. The molecule has 2 aromatic carbocycles. The number of benzene rings is 2. The number of hydrogen-bond donors (Lipinski definition) is 0. The standard InChI is InChI=1S/C22H22N2O4S/c1-15-7-9-16(10-8-15)29-20-19(23-11-13-28-14-12-23)21(25)24(22(20)26)17-5-3-4-6-18(17)27-2/h3-10H,11-14H2,1-2H3. The summed E-state index contributed by atoms with van der Waals surface area (Å²) in [4.78, 5) is 31.4. The van der Waals surface area contributed by atoms with E-state index >= 15 is 0 Å². The van der Waals surface area contributed by atoms with Gasteiger partial charge in [-0.3, -0.25) is 9.59 Å². The molecule has 0 atom stereocenters. The minimum Gasteiger partial charge on any atom is -0.495 e. The maximum atomic E-state index is 13.4. The van der Waals surface area contributed by atoms with Gasteiger partial charge in [0.05, 0.1) is 26.0 Å². The minimum atomic E-state index is -0.327. The fraction of sp³-hybridized carbons (Fsp3) is 0.273. The topological polar surface area (TPSA) is 59.1 Å². The third-order valence-corrected chi connectivity index (χ3v) is 5.99. The van der Waals surface area contributed by atoms with E-state index in [0.29, 0.717) is 48.3 Å². The smallest absolute Gasteiger partial charge is 0.283 e. The lowest BCUT2D eigenvalue weighted by atomic mass is 10.2. The van der Waals surface area contributed by atoms with E-state index in [4.69, 9.17) is 9.47 Å². The van der Waals surface area contributed by atoms with Gasteiger partial charge in [0.15, 0.2) is 0 Å². The zero-order valence-electron chi connectivity index (χ0n) is 16.4. The molecule has 7 heteroatoms. The summed E-state index contributed by atoms with van der Waals surface area (Å²) in [6.07, 6.45) is 0. The molecule has 2 amide bonds. The maximum Gasteiger partial charge on any atom is 0.283 e. The zero-order valence-corrected chi connectivity index (χ0v) is 17.2. The zero-order chi connectivity index (χ0) is 20.4. The van der Waals surface area contributed by atoms with Crippen molar-refractivity contribution in [3.8, 4) is 5.75 Å². The molecule has 2 aliphatic heterocycles. The first-order valence-corrected chi connectivity index (χ1v) is 10.2. The van der Waals surface area contributed by atoms with Crippen LogP contribution in [-0.2, 0) is 14.3 Å². The van der Waals surface area contributed by atoms with Crippen molar-refractivity contribution >= 4 is 29.3 Å². The van der Waals surface area contributed by atoms with E-state index in [0.717, 1.165) is 10.5 Å². The van der Waals surface area contributed by atoms with Gasteiger partial charge in [-0.1, -0.05) is 41.6 Å². The Morgan fingerprint density at radius 2 is 1.66 bits per heavy atom. The van der Waals surface area contributed by atoms with Gasteiger partial charge in [0.1, 0.15) is 16.4 Å². The molecule has 0 spiro atoms. The molecule has 2 aromatic rings. The van der Waals surface area contributed by atoms with E-state index in [-0.39, 0.29) is 11.8 Å². The second-order valence-electron chi connectivity index (χ2n) is 6.81. The predicted molar refractivity (Wildman–Crippen MR) is 112 cm³/mol. The summed E-state index contributed by atoms with van der Waals surface area (Å²) >= 11 is 1.33. The van der Waals surface area contributed by atoms with Crippen molar-refractivity contribution in [2.75, 3.05) is 38.3 Å². The first-order chi connectivity index (χ1) is 14.1. The van der Waals surface area contributed by atoms with Gasteiger partial charge in [0.2, 0.25) is 0 Å². The summed E-state index contributed by atoms with van der Waals surface area (Å²) in [6.45, 7) is 4.23. The van der Waals surface area contributed by atoms with E-state index in [9.17, 15) is 9.59 Å². The van der Waals surface area contributed by atoms with Crippen LogP contribution in [0.4, 0.5) is 5.69 Å². The number of para-hydroxylation sites is 2. The van der Waals surface area contributed by atoms with Crippen LogP contribution in [0.15, 0.2) is 64.0 Å². The van der Waals surface area contributed by atoms with Crippen LogP contribution in [0.5, 0.6) is 5.75 Å². The molecular formula is C22H22N2O4S. The first-order valence-electron chi connectivity index (χ1n) is 9.43. The monoisotopic (exact) mass is 410 g/mol. The minimum absolute atomic E-state index is 0.323. The molecule has 1 fully saturated rings. The lowest BCUT2D eigenvalue weighted by Crippen LogP contribution is -2.40. The lowest BCUT2D eigenvalue weighted by Gasteiger charge is -2.29. The van der Waals surface area contributed by atoms with E-state index < -0.39 is 0 Å². The quantitative estimate of drug-likeness (QED) is 0.706. The molecule has 2 heterocycles. The summed E-state index contributed by atoms with van der Waals surface area (Å²) in [7, 11) is 1.53. The average molecular weight is 410 g/mol. The molecule has 4 rings (SSSR count). The van der Waals surface area contributed by atoms with E-state index in [1.807, 2.05) is 42.2 Å².